The normalized spacial score (nSPS) is 22.3. The first-order chi connectivity index (χ1) is 15.6. The minimum Gasteiger partial charge on any atom is -0.464 e. The summed E-state index contributed by atoms with van der Waals surface area (Å²) in [7, 11) is -2.78. The SMILES string of the molecule is CCCC(CCC)COC(=O)CNP(=O)(O)OCC1CC(C)C(N(C=O)/C=C\C(=O)NC)O1. The van der Waals surface area contributed by atoms with Crippen LogP contribution in [0.25, 0.3) is 0 Å². The second-order valence-electron chi connectivity index (χ2n) is 8.12. The summed E-state index contributed by atoms with van der Waals surface area (Å²) < 4.78 is 28.3. The first kappa shape index (κ1) is 29.3. The molecule has 0 aromatic heterocycles. The minimum absolute atomic E-state index is 0.0988. The fourth-order valence-corrected chi connectivity index (χ4v) is 4.38. The summed E-state index contributed by atoms with van der Waals surface area (Å²) in [6, 6.07) is 0. The Balaban J connectivity index is 2.45. The van der Waals surface area contributed by atoms with Crippen LogP contribution in [0.4, 0.5) is 0 Å². The van der Waals surface area contributed by atoms with E-state index in [1.807, 2.05) is 6.92 Å². The van der Waals surface area contributed by atoms with E-state index >= 15 is 0 Å². The summed E-state index contributed by atoms with van der Waals surface area (Å²) in [5, 5.41) is 4.61. The van der Waals surface area contributed by atoms with E-state index in [4.69, 9.17) is 14.0 Å². The predicted octanol–water partition coefficient (Wildman–Crippen LogP) is 1.92. The van der Waals surface area contributed by atoms with Gasteiger partial charge in [0.15, 0.2) is 0 Å². The number of carbonyl (C=O) groups is 3. The Labute approximate surface area is 195 Å². The molecule has 33 heavy (non-hydrogen) atoms. The highest BCUT2D eigenvalue weighted by Gasteiger charge is 2.36. The van der Waals surface area contributed by atoms with Gasteiger partial charge in [-0.25, -0.2) is 9.65 Å². The van der Waals surface area contributed by atoms with E-state index < -0.39 is 32.6 Å². The highest BCUT2D eigenvalue weighted by atomic mass is 31.2. The third-order valence-corrected chi connectivity index (χ3v) is 6.30. The van der Waals surface area contributed by atoms with Crippen LogP contribution in [0.2, 0.25) is 0 Å². The van der Waals surface area contributed by atoms with Gasteiger partial charge >= 0.3 is 13.7 Å². The molecule has 0 bridgehead atoms. The molecule has 4 atom stereocenters. The van der Waals surface area contributed by atoms with Crippen LogP contribution >= 0.6 is 7.75 Å². The number of hydrogen-bond acceptors (Lipinski definition) is 7. The van der Waals surface area contributed by atoms with Crippen LogP contribution in [0.3, 0.4) is 0 Å². The van der Waals surface area contributed by atoms with Crippen LogP contribution in [0.1, 0.15) is 52.9 Å². The molecule has 0 aromatic rings. The first-order valence-electron chi connectivity index (χ1n) is 11.3. The largest absolute Gasteiger partial charge is 0.464 e. The third kappa shape index (κ3) is 11.3. The monoisotopic (exact) mass is 491 g/mol. The number of likely N-dealkylation sites (N-methyl/N-ethyl adjacent to an activating group) is 1. The molecule has 1 aliphatic rings. The van der Waals surface area contributed by atoms with Gasteiger partial charge in [-0.05, 0) is 25.2 Å². The lowest BCUT2D eigenvalue weighted by molar-refractivity contribution is -0.143. The van der Waals surface area contributed by atoms with E-state index in [1.165, 1.54) is 24.2 Å². The number of nitrogens with one attached hydrogen (secondary N) is 2. The van der Waals surface area contributed by atoms with Gasteiger partial charge in [-0.3, -0.25) is 23.8 Å². The van der Waals surface area contributed by atoms with Gasteiger partial charge in [0.1, 0.15) is 12.8 Å². The average Bonchev–Trinajstić information content (AvgIpc) is 3.16. The van der Waals surface area contributed by atoms with Crippen molar-refractivity contribution in [2.75, 3.05) is 26.8 Å². The van der Waals surface area contributed by atoms with Crippen molar-refractivity contribution in [1.82, 2.24) is 15.3 Å². The van der Waals surface area contributed by atoms with Crippen LogP contribution < -0.4 is 10.4 Å². The molecule has 1 rings (SSSR count). The van der Waals surface area contributed by atoms with Crippen LogP contribution in [-0.2, 0) is 32.9 Å². The van der Waals surface area contributed by atoms with E-state index in [0.29, 0.717) is 12.8 Å². The zero-order chi connectivity index (χ0) is 24.9. The Morgan fingerprint density at radius 1 is 1.30 bits per heavy atom. The summed E-state index contributed by atoms with van der Waals surface area (Å²) in [5.74, 6) is -0.809. The highest BCUT2D eigenvalue weighted by molar-refractivity contribution is 7.50. The molecular weight excluding hydrogens is 453 g/mol. The van der Waals surface area contributed by atoms with E-state index in [1.54, 1.807) is 0 Å². The molecule has 1 fully saturated rings. The molecule has 0 saturated carbocycles. The molecule has 0 aromatic carbocycles. The summed E-state index contributed by atoms with van der Waals surface area (Å²) in [5.41, 5.74) is 0. The number of hydrogen-bond donors (Lipinski definition) is 3. The molecule has 3 N–H and O–H groups in total. The molecule has 190 valence electrons. The maximum Gasteiger partial charge on any atom is 0.403 e. The summed E-state index contributed by atoms with van der Waals surface area (Å²) >= 11 is 0. The Hall–Kier alpha value is -1.78. The van der Waals surface area contributed by atoms with E-state index in [2.05, 4.69) is 24.3 Å². The topological polar surface area (TPSA) is 143 Å². The van der Waals surface area contributed by atoms with Gasteiger partial charge in [0.25, 0.3) is 0 Å². The van der Waals surface area contributed by atoms with Crippen molar-refractivity contribution < 1.29 is 37.8 Å². The summed E-state index contributed by atoms with van der Waals surface area (Å²) in [4.78, 5) is 45.8. The average molecular weight is 492 g/mol. The number of amides is 2. The van der Waals surface area contributed by atoms with Gasteiger partial charge in [0.2, 0.25) is 12.3 Å². The molecule has 11 nitrogen and oxygen atoms in total. The number of nitrogens with zero attached hydrogens (tertiary/aromatic N) is 1. The van der Waals surface area contributed by atoms with E-state index in [9.17, 15) is 23.8 Å². The second kappa shape index (κ2) is 15.2. The Kier molecular flexibility index (Phi) is 13.5. The van der Waals surface area contributed by atoms with Gasteiger partial charge in [-0.15, -0.1) is 0 Å². The van der Waals surface area contributed by atoms with Crippen molar-refractivity contribution in [3.63, 3.8) is 0 Å². The Morgan fingerprint density at radius 2 is 1.97 bits per heavy atom. The Bertz CT molecular complexity index is 699. The summed E-state index contributed by atoms with van der Waals surface area (Å²) in [6.07, 6.45) is 6.25. The van der Waals surface area contributed by atoms with Crippen molar-refractivity contribution in [1.29, 1.82) is 0 Å². The van der Waals surface area contributed by atoms with Crippen molar-refractivity contribution in [2.24, 2.45) is 11.8 Å². The maximum atomic E-state index is 12.2. The molecular formula is C21H38N3O8P. The molecule has 1 aliphatic heterocycles. The fourth-order valence-electron chi connectivity index (χ4n) is 3.59. The third-order valence-electron chi connectivity index (χ3n) is 5.25. The molecule has 4 unspecified atom stereocenters. The number of rotatable bonds is 16. The number of carbonyl (C=O) groups excluding carboxylic acids is 3. The quantitative estimate of drug-likeness (QED) is 0.128. The van der Waals surface area contributed by atoms with Crippen LogP contribution in [0, 0.1) is 11.8 Å². The first-order valence-corrected chi connectivity index (χ1v) is 12.9. The lowest BCUT2D eigenvalue weighted by Gasteiger charge is -2.24. The van der Waals surface area contributed by atoms with Crippen molar-refractivity contribution in [3.05, 3.63) is 12.3 Å². The molecule has 12 heteroatoms. The van der Waals surface area contributed by atoms with E-state index in [0.717, 1.165) is 25.7 Å². The maximum absolute atomic E-state index is 12.2. The lowest BCUT2D eigenvalue weighted by atomic mass is 9.99. The van der Waals surface area contributed by atoms with Gasteiger partial charge in [0.05, 0.1) is 19.3 Å². The van der Waals surface area contributed by atoms with Crippen molar-refractivity contribution >= 4 is 26.0 Å². The van der Waals surface area contributed by atoms with Gasteiger partial charge in [-0.2, -0.15) is 0 Å². The van der Waals surface area contributed by atoms with Gasteiger partial charge in [0, 0.05) is 25.2 Å². The van der Waals surface area contributed by atoms with Crippen LogP contribution in [-0.4, -0.2) is 67.2 Å². The smallest absolute Gasteiger partial charge is 0.403 e. The van der Waals surface area contributed by atoms with E-state index in [-0.39, 0.29) is 31.0 Å². The number of ether oxygens (including phenoxy) is 2. The molecule has 0 radical (unpaired) electrons. The Morgan fingerprint density at radius 3 is 2.55 bits per heavy atom. The van der Waals surface area contributed by atoms with Crippen molar-refractivity contribution in [3.8, 4) is 0 Å². The zero-order valence-electron chi connectivity index (χ0n) is 19.9. The van der Waals surface area contributed by atoms with Crippen molar-refractivity contribution in [2.45, 2.75) is 65.2 Å². The van der Waals surface area contributed by atoms with Gasteiger partial charge in [-0.1, -0.05) is 33.6 Å². The zero-order valence-corrected chi connectivity index (χ0v) is 20.8. The van der Waals surface area contributed by atoms with Crippen LogP contribution in [0.15, 0.2) is 12.3 Å². The highest BCUT2D eigenvalue weighted by Crippen LogP contribution is 2.38. The number of esters is 1. The molecule has 0 aliphatic carbocycles. The standard InChI is InChI=1S/C21H38N3O8P/c1-5-7-17(8-6-2)13-30-20(27)12-23-33(28,29)31-14-18-11-16(3)21(32-18)24(15-25)10-9-19(26)22-4/h9-10,15-18,21H,5-8,11-14H2,1-4H3,(H,22,26)(H2,23,28,29)/b10-9-. The molecule has 1 heterocycles. The molecule has 2 amide bonds. The lowest BCUT2D eigenvalue weighted by Crippen LogP contribution is -2.34. The second-order valence-corrected chi connectivity index (χ2v) is 9.74. The fraction of sp³-hybridized carbons (Fsp3) is 0.762. The molecule has 1 saturated heterocycles. The summed E-state index contributed by atoms with van der Waals surface area (Å²) in [6.45, 7) is 5.62. The van der Waals surface area contributed by atoms with Crippen LogP contribution in [0.5, 0.6) is 0 Å². The minimum atomic E-state index is -4.25. The predicted molar refractivity (Wildman–Crippen MR) is 122 cm³/mol. The van der Waals surface area contributed by atoms with Gasteiger partial charge < -0.3 is 19.7 Å². The molecule has 0 spiro atoms.